The first kappa shape index (κ1) is 13.3. The number of hydrogen-bond donors (Lipinski definition) is 0. The van der Waals surface area contributed by atoms with Crippen LogP contribution in [0.2, 0.25) is 5.02 Å². The molecule has 0 N–H and O–H groups in total. The van der Waals surface area contributed by atoms with Crippen LogP contribution in [0.1, 0.15) is 10.4 Å². The molecule has 0 amide bonds. The van der Waals surface area contributed by atoms with E-state index in [4.69, 9.17) is 21.1 Å². The summed E-state index contributed by atoms with van der Waals surface area (Å²) in [5.74, 6) is 1.52. The van der Waals surface area contributed by atoms with Gasteiger partial charge < -0.3 is 9.47 Å². The molecule has 0 spiro atoms. The Labute approximate surface area is 125 Å². The lowest BCUT2D eigenvalue weighted by molar-refractivity contribution is 0.112. The predicted octanol–water partition coefficient (Wildman–Crippen LogP) is 4.07. The maximum absolute atomic E-state index is 10.7. The van der Waals surface area contributed by atoms with E-state index in [1.54, 1.807) is 12.1 Å². The molecule has 2 aromatic carbocycles. The second-order valence-corrected chi connectivity index (χ2v) is 5.74. The first-order chi connectivity index (χ1) is 9.76. The van der Waals surface area contributed by atoms with Crippen LogP contribution >= 0.6 is 23.4 Å². The van der Waals surface area contributed by atoms with Crippen molar-refractivity contribution in [2.75, 3.05) is 13.2 Å². The highest BCUT2D eigenvalue weighted by atomic mass is 35.5. The van der Waals surface area contributed by atoms with Gasteiger partial charge in [-0.25, -0.2) is 0 Å². The van der Waals surface area contributed by atoms with E-state index < -0.39 is 0 Å². The van der Waals surface area contributed by atoms with Crippen molar-refractivity contribution in [1.29, 1.82) is 0 Å². The molecule has 0 atom stereocenters. The van der Waals surface area contributed by atoms with Gasteiger partial charge in [-0.2, -0.15) is 0 Å². The summed E-state index contributed by atoms with van der Waals surface area (Å²) in [5.41, 5.74) is 0.571. The zero-order chi connectivity index (χ0) is 13.9. The molecule has 1 aliphatic heterocycles. The monoisotopic (exact) mass is 306 g/mol. The Morgan fingerprint density at radius 3 is 2.60 bits per heavy atom. The van der Waals surface area contributed by atoms with E-state index in [9.17, 15) is 4.79 Å². The number of rotatable bonds is 3. The lowest BCUT2D eigenvalue weighted by atomic mass is 10.2. The van der Waals surface area contributed by atoms with E-state index >= 15 is 0 Å². The van der Waals surface area contributed by atoms with Crippen molar-refractivity contribution >= 4 is 29.6 Å². The van der Waals surface area contributed by atoms with Gasteiger partial charge in [0.15, 0.2) is 11.5 Å². The van der Waals surface area contributed by atoms with Crippen LogP contribution in [-0.2, 0) is 0 Å². The number of carbonyl (C=O) groups is 1. The van der Waals surface area contributed by atoms with Crippen molar-refractivity contribution < 1.29 is 14.3 Å². The van der Waals surface area contributed by atoms with Crippen LogP contribution in [0, 0.1) is 0 Å². The Hall–Kier alpha value is -1.65. The molecule has 0 unspecified atom stereocenters. The van der Waals surface area contributed by atoms with Gasteiger partial charge in [0, 0.05) is 15.4 Å². The molecule has 0 saturated carbocycles. The third kappa shape index (κ3) is 2.76. The van der Waals surface area contributed by atoms with Crippen molar-refractivity contribution in [3.63, 3.8) is 0 Å². The van der Waals surface area contributed by atoms with Gasteiger partial charge in [-0.15, -0.1) is 0 Å². The summed E-state index contributed by atoms with van der Waals surface area (Å²) in [6.45, 7) is 1.15. The fourth-order valence-electron chi connectivity index (χ4n) is 1.89. The summed E-state index contributed by atoms with van der Waals surface area (Å²) in [4.78, 5) is 12.6. The van der Waals surface area contributed by atoms with Crippen LogP contribution in [-0.4, -0.2) is 19.5 Å². The molecular weight excluding hydrogens is 296 g/mol. The van der Waals surface area contributed by atoms with Crippen molar-refractivity contribution in [3.8, 4) is 11.5 Å². The summed E-state index contributed by atoms with van der Waals surface area (Å²) in [7, 11) is 0. The quantitative estimate of drug-likeness (QED) is 0.801. The van der Waals surface area contributed by atoms with Gasteiger partial charge in [-0.3, -0.25) is 4.79 Å². The molecule has 5 heteroatoms. The Morgan fingerprint density at radius 2 is 1.85 bits per heavy atom. The van der Waals surface area contributed by atoms with Crippen LogP contribution in [0.15, 0.2) is 46.2 Å². The number of ether oxygens (including phenoxy) is 2. The lowest BCUT2D eigenvalue weighted by Crippen LogP contribution is -2.15. The zero-order valence-electron chi connectivity index (χ0n) is 10.5. The normalized spacial score (nSPS) is 13.1. The maximum Gasteiger partial charge on any atom is 0.162 e. The van der Waals surface area contributed by atoms with E-state index in [0.29, 0.717) is 23.8 Å². The van der Waals surface area contributed by atoms with Gasteiger partial charge in [0.25, 0.3) is 0 Å². The second kappa shape index (κ2) is 5.77. The summed E-state index contributed by atoms with van der Waals surface area (Å²) in [6, 6.07) is 11.0. The van der Waals surface area contributed by atoms with Gasteiger partial charge >= 0.3 is 0 Å². The van der Waals surface area contributed by atoms with E-state index in [1.807, 2.05) is 24.3 Å². The minimum Gasteiger partial charge on any atom is -0.486 e. The van der Waals surface area contributed by atoms with Crippen molar-refractivity contribution in [1.82, 2.24) is 0 Å². The van der Waals surface area contributed by atoms with Crippen molar-refractivity contribution in [3.05, 3.63) is 47.0 Å². The minimum atomic E-state index is 0.564. The third-order valence-corrected chi connectivity index (χ3v) is 4.32. The summed E-state index contributed by atoms with van der Waals surface area (Å²) in [6.07, 6.45) is 0.782. The highest BCUT2D eigenvalue weighted by molar-refractivity contribution is 7.99. The smallest absolute Gasteiger partial charge is 0.162 e. The number of halogens is 1. The van der Waals surface area contributed by atoms with Crippen LogP contribution in [0.3, 0.4) is 0 Å². The Kier molecular flexibility index (Phi) is 3.85. The summed E-state index contributed by atoms with van der Waals surface area (Å²) in [5, 5.41) is 0.564. The molecule has 1 aliphatic rings. The molecular formula is C15H11ClO3S. The van der Waals surface area contributed by atoms with Gasteiger partial charge in [0.2, 0.25) is 0 Å². The predicted molar refractivity (Wildman–Crippen MR) is 78.4 cm³/mol. The molecule has 2 aromatic rings. The number of hydrogen-bond acceptors (Lipinski definition) is 4. The van der Waals surface area contributed by atoms with Gasteiger partial charge in [-0.05, 0) is 30.3 Å². The average Bonchev–Trinajstić information content (AvgIpc) is 2.49. The molecule has 0 aromatic heterocycles. The van der Waals surface area contributed by atoms with Gasteiger partial charge in [0.05, 0.1) is 5.02 Å². The zero-order valence-corrected chi connectivity index (χ0v) is 12.0. The average molecular weight is 307 g/mol. The van der Waals surface area contributed by atoms with Crippen LogP contribution < -0.4 is 9.47 Å². The minimum absolute atomic E-state index is 0.564. The van der Waals surface area contributed by atoms with E-state index in [-0.39, 0.29) is 0 Å². The first-order valence-corrected chi connectivity index (χ1v) is 7.28. The number of benzene rings is 2. The molecule has 1 heterocycles. The Balaban J connectivity index is 1.86. The van der Waals surface area contributed by atoms with Crippen LogP contribution in [0.4, 0.5) is 0 Å². The summed E-state index contributed by atoms with van der Waals surface area (Å²) >= 11 is 7.69. The molecule has 0 saturated heterocycles. The van der Waals surface area contributed by atoms with Crippen LogP contribution in [0.25, 0.3) is 0 Å². The van der Waals surface area contributed by atoms with E-state index in [1.165, 1.54) is 11.8 Å². The molecule has 102 valence electrons. The second-order valence-electron chi connectivity index (χ2n) is 4.22. The van der Waals surface area contributed by atoms with Crippen molar-refractivity contribution in [2.24, 2.45) is 0 Å². The SMILES string of the molecule is O=Cc1ccc(Sc2ccc3c(c2)OCCO3)c(Cl)c1. The van der Waals surface area contributed by atoms with E-state index in [0.717, 1.165) is 27.6 Å². The largest absolute Gasteiger partial charge is 0.486 e. The first-order valence-electron chi connectivity index (χ1n) is 6.08. The Bertz CT molecular complexity index is 658. The van der Waals surface area contributed by atoms with E-state index in [2.05, 4.69) is 0 Å². The van der Waals surface area contributed by atoms with Gasteiger partial charge in [0.1, 0.15) is 19.5 Å². The number of fused-ring (bicyclic) bond motifs is 1. The maximum atomic E-state index is 10.7. The molecule has 0 fully saturated rings. The third-order valence-electron chi connectivity index (χ3n) is 2.83. The molecule has 0 bridgehead atoms. The molecule has 3 rings (SSSR count). The van der Waals surface area contributed by atoms with Crippen molar-refractivity contribution in [2.45, 2.75) is 9.79 Å². The molecule has 20 heavy (non-hydrogen) atoms. The number of carbonyl (C=O) groups excluding carboxylic acids is 1. The molecule has 3 nitrogen and oxygen atoms in total. The fraction of sp³-hybridized carbons (Fsp3) is 0.133. The Morgan fingerprint density at radius 1 is 1.05 bits per heavy atom. The van der Waals surface area contributed by atoms with Gasteiger partial charge in [-0.1, -0.05) is 29.4 Å². The van der Waals surface area contributed by atoms with Crippen LogP contribution in [0.5, 0.6) is 11.5 Å². The molecule has 0 aliphatic carbocycles. The standard InChI is InChI=1S/C15H11ClO3S/c16-12-7-10(9-17)1-4-15(12)20-11-2-3-13-14(8-11)19-6-5-18-13/h1-4,7-9H,5-6H2. The fourth-order valence-corrected chi connectivity index (χ4v) is 3.04. The molecule has 0 radical (unpaired) electrons. The highest BCUT2D eigenvalue weighted by Crippen LogP contribution is 2.39. The lowest BCUT2D eigenvalue weighted by Gasteiger charge is -2.18. The highest BCUT2D eigenvalue weighted by Gasteiger charge is 2.13. The summed E-state index contributed by atoms with van der Waals surface area (Å²) < 4.78 is 11.0. The number of aldehydes is 1. The topological polar surface area (TPSA) is 35.5 Å².